The van der Waals surface area contributed by atoms with E-state index < -0.39 is 11.9 Å². The van der Waals surface area contributed by atoms with Crippen LogP contribution in [0.5, 0.6) is 0 Å². The highest BCUT2D eigenvalue weighted by atomic mass is 79.9. The third-order valence-electron chi connectivity index (χ3n) is 3.71. The van der Waals surface area contributed by atoms with Crippen molar-refractivity contribution in [1.29, 1.82) is 0 Å². The van der Waals surface area contributed by atoms with Gasteiger partial charge in [-0.15, -0.1) is 0 Å². The lowest BCUT2D eigenvalue weighted by Gasteiger charge is -2.18. The van der Waals surface area contributed by atoms with Crippen LogP contribution in [-0.4, -0.2) is 5.11 Å². The van der Waals surface area contributed by atoms with E-state index in [-0.39, 0.29) is 5.56 Å². The Morgan fingerprint density at radius 2 is 1.81 bits per heavy atom. The maximum absolute atomic E-state index is 14.1. The van der Waals surface area contributed by atoms with Gasteiger partial charge in [-0.2, -0.15) is 0 Å². The molecular weight excluding hydrogens is 331 g/mol. The summed E-state index contributed by atoms with van der Waals surface area (Å²) < 4.78 is 14.8. The number of fused-ring (bicyclic) bond motifs is 1. The van der Waals surface area contributed by atoms with E-state index >= 15 is 0 Å². The van der Waals surface area contributed by atoms with Gasteiger partial charge in [0, 0.05) is 10.0 Å². The molecule has 0 aromatic heterocycles. The zero-order valence-electron chi connectivity index (χ0n) is 11.5. The molecule has 1 N–H and O–H groups in total. The van der Waals surface area contributed by atoms with Crippen LogP contribution in [0.1, 0.15) is 22.8 Å². The smallest absolute Gasteiger partial charge is 0.129 e. The zero-order chi connectivity index (χ0) is 15.0. The molecule has 0 bridgehead atoms. The molecule has 3 aromatic carbocycles. The van der Waals surface area contributed by atoms with E-state index in [1.165, 1.54) is 6.07 Å². The third kappa shape index (κ3) is 2.59. The minimum atomic E-state index is -0.992. The van der Waals surface area contributed by atoms with Crippen molar-refractivity contribution in [2.24, 2.45) is 0 Å². The Morgan fingerprint density at radius 1 is 1.05 bits per heavy atom. The molecule has 0 aliphatic heterocycles. The van der Waals surface area contributed by atoms with Crippen molar-refractivity contribution in [2.45, 2.75) is 13.0 Å². The van der Waals surface area contributed by atoms with E-state index in [2.05, 4.69) is 15.9 Å². The number of aliphatic hydroxyl groups is 1. The van der Waals surface area contributed by atoms with E-state index in [4.69, 9.17) is 0 Å². The number of hydrogen-bond donors (Lipinski definition) is 1. The molecule has 1 nitrogen and oxygen atoms in total. The van der Waals surface area contributed by atoms with E-state index in [9.17, 15) is 9.50 Å². The molecule has 3 heteroatoms. The SMILES string of the molecule is Cc1ccc2ccccc2c1C(O)c1cc(Br)ccc1F. The summed E-state index contributed by atoms with van der Waals surface area (Å²) in [5.74, 6) is -0.405. The summed E-state index contributed by atoms with van der Waals surface area (Å²) in [6.45, 7) is 1.93. The second kappa shape index (κ2) is 5.58. The average Bonchev–Trinajstić information content (AvgIpc) is 2.49. The van der Waals surface area contributed by atoms with Gasteiger partial charge in [0.2, 0.25) is 0 Å². The lowest BCUT2D eigenvalue weighted by Crippen LogP contribution is -2.05. The summed E-state index contributed by atoms with van der Waals surface area (Å²) in [5, 5.41) is 12.7. The number of hydrogen-bond acceptors (Lipinski definition) is 1. The highest BCUT2D eigenvalue weighted by Gasteiger charge is 2.19. The second-order valence-corrected chi connectivity index (χ2v) is 6.00. The van der Waals surface area contributed by atoms with Crippen molar-refractivity contribution in [3.8, 4) is 0 Å². The molecule has 0 heterocycles. The van der Waals surface area contributed by atoms with Gasteiger partial charge in [0.05, 0.1) is 0 Å². The quantitative estimate of drug-likeness (QED) is 0.683. The largest absolute Gasteiger partial charge is 0.384 e. The normalized spacial score (nSPS) is 12.6. The van der Waals surface area contributed by atoms with Gasteiger partial charge in [-0.05, 0) is 47.0 Å². The van der Waals surface area contributed by atoms with Crippen molar-refractivity contribution < 1.29 is 9.50 Å². The molecule has 3 rings (SSSR count). The highest BCUT2D eigenvalue weighted by Crippen LogP contribution is 2.33. The van der Waals surface area contributed by atoms with Crippen molar-refractivity contribution in [3.63, 3.8) is 0 Å². The van der Waals surface area contributed by atoms with E-state index in [0.29, 0.717) is 0 Å². The van der Waals surface area contributed by atoms with Gasteiger partial charge in [0.25, 0.3) is 0 Å². The fourth-order valence-corrected chi connectivity index (χ4v) is 3.03. The molecule has 21 heavy (non-hydrogen) atoms. The summed E-state index contributed by atoms with van der Waals surface area (Å²) >= 11 is 3.33. The molecule has 0 amide bonds. The Hall–Kier alpha value is -1.71. The molecule has 1 unspecified atom stereocenters. The molecule has 0 spiro atoms. The Kier molecular flexibility index (Phi) is 3.79. The lowest BCUT2D eigenvalue weighted by atomic mass is 9.92. The summed E-state index contributed by atoms with van der Waals surface area (Å²) in [4.78, 5) is 0. The predicted molar refractivity (Wildman–Crippen MR) is 86.8 cm³/mol. The molecule has 0 radical (unpaired) electrons. The van der Waals surface area contributed by atoms with Crippen LogP contribution in [0.25, 0.3) is 10.8 Å². The van der Waals surface area contributed by atoms with Crippen LogP contribution in [0, 0.1) is 12.7 Å². The van der Waals surface area contributed by atoms with Gasteiger partial charge in [-0.3, -0.25) is 0 Å². The predicted octanol–water partition coefficient (Wildman–Crippen LogP) is 5.13. The van der Waals surface area contributed by atoms with Crippen LogP contribution >= 0.6 is 15.9 Å². The Labute approximate surface area is 131 Å². The van der Waals surface area contributed by atoms with Crippen LogP contribution in [0.4, 0.5) is 4.39 Å². The van der Waals surface area contributed by atoms with Crippen molar-refractivity contribution in [1.82, 2.24) is 0 Å². The fraction of sp³-hybridized carbons (Fsp3) is 0.111. The van der Waals surface area contributed by atoms with Crippen LogP contribution in [0.3, 0.4) is 0 Å². The lowest BCUT2D eigenvalue weighted by molar-refractivity contribution is 0.215. The highest BCUT2D eigenvalue weighted by molar-refractivity contribution is 9.10. The van der Waals surface area contributed by atoms with Crippen molar-refractivity contribution in [3.05, 3.63) is 81.6 Å². The topological polar surface area (TPSA) is 20.2 Å². The summed E-state index contributed by atoms with van der Waals surface area (Å²) in [5.41, 5.74) is 1.98. The van der Waals surface area contributed by atoms with E-state index in [1.807, 2.05) is 43.3 Å². The summed E-state index contributed by atoms with van der Waals surface area (Å²) in [6, 6.07) is 16.4. The number of rotatable bonds is 2. The minimum Gasteiger partial charge on any atom is -0.384 e. The molecule has 0 aliphatic carbocycles. The minimum absolute atomic E-state index is 0.281. The van der Waals surface area contributed by atoms with Gasteiger partial charge in [0.1, 0.15) is 11.9 Å². The number of benzene rings is 3. The molecule has 1 atom stereocenters. The molecule has 106 valence electrons. The standard InChI is InChI=1S/C18H14BrFO/c1-11-6-7-12-4-2-3-5-14(12)17(11)18(21)15-10-13(19)8-9-16(15)20/h2-10,18,21H,1H3. The molecule has 0 fully saturated rings. The van der Waals surface area contributed by atoms with Crippen molar-refractivity contribution >= 4 is 26.7 Å². The van der Waals surface area contributed by atoms with Crippen LogP contribution < -0.4 is 0 Å². The van der Waals surface area contributed by atoms with Gasteiger partial charge in [-0.1, -0.05) is 52.3 Å². The second-order valence-electron chi connectivity index (χ2n) is 5.09. The zero-order valence-corrected chi connectivity index (χ0v) is 13.1. The first-order chi connectivity index (χ1) is 10.1. The maximum Gasteiger partial charge on any atom is 0.129 e. The Balaban J connectivity index is 2.24. The van der Waals surface area contributed by atoms with E-state index in [0.717, 1.165) is 26.4 Å². The van der Waals surface area contributed by atoms with E-state index in [1.54, 1.807) is 12.1 Å². The Bertz CT molecular complexity index is 813. The van der Waals surface area contributed by atoms with Crippen LogP contribution in [-0.2, 0) is 0 Å². The molecule has 0 aliphatic rings. The first-order valence-corrected chi connectivity index (χ1v) is 7.48. The van der Waals surface area contributed by atoms with Gasteiger partial charge < -0.3 is 5.11 Å². The van der Waals surface area contributed by atoms with Crippen molar-refractivity contribution in [2.75, 3.05) is 0 Å². The Morgan fingerprint density at radius 3 is 2.62 bits per heavy atom. The van der Waals surface area contributed by atoms with Gasteiger partial charge in [-0.25, -0.2) is 4.39 Å². The molecule has 3 aromatic rings. The first-order valence-electron chi connectivity index (χ1n) is 6.69. The number of aryl methyl sites for hydroxylation is 1. The van der Waals surface area contributed by atoms with Crippen LogP contribution in [0.15, 0.2) is 59.1 Å². The first kappa shape index (κ1) is 14.2. The summed E-state index contributed by atoms with van der Waals surface area (Å²) in [7, 11) is 0. The third-order valence-corrected chi connectivity index (χ3v) is 4.21. The fourth-order valence-electron chi connectivity index (χ4n) is 2.65. The molecule has 0 saturated carbocycles. The monoisotopic (exact) mass is 344 g/mol. The molecular formula is C18H14BrFO. The molecule has 0 saturated heterocycles. The average molecular weight is 345 g/mol. The van der Waals surface area contributed by atoms with Gasteiger partial charge in [0.15, 0.2) is 0 Å². The maximum atomic E-state index is 14.1. The van der Waals surface area contributed by atoms with Crippen LogP contribution in [0.2, 0.25) is 0 Å². The number of aliphatic hydroxyl groups excluding tert-OH is 1. The summed E-state index contributed by atoms with van der Waals surface area (Å²) in [6.07, 6.45) is -0.992. The number of halogens is 2. The van der Waals surface area contributed by atoms with Gasteiger partial charge >= 0.3 is 0 Å².